The second-order valence-corrected chi connectivity index (χ2v) is 10.5. The van der Waals surface area contributed by atoms with Crippen LogP contribution in [0.25, 0.3) is 0 Å². The molecule has 196 valence electrons. The van der Waals surface area contributed by atoms with Gasteiger partial charge in [-0.2, -0.15) is 0 Å². The first-order chi connectivity index (χ1) is 18.4. The Hall–Kier alpha value is -3.48. The van der Waals surface area contributed by atoms with Gasteiger partial charge in [-0.1, -0.05) is 78.3 Å². The molecule has 3 atom stereocenters. The van der Waals surface area contributed by atoms with Crippen molar-refractivity contribution in [3.63, 3.8) is 0 Å². The summed E-state index contributed by atoms with van der Waals surface area (Å²) in [4.78, 5) is 30.0. The van der Waals surface area contributed by atoms with Crippen LogP contribution in [0.2, 0.25) is 5.02 Å². The normalized spacial score (nSPS) is 18.6. The van der Waals surface area contributed by atoms with Crippen LogP contribution in [0.5, 0.6) is 0 Å². The first kappa shape index (κ1) is 26.1. The van der Waals surface area contributed by atoms with Crippen LogP contribution < -0.4 is 5.32 Å². The third-order valence-corrected chi connectivity index (χ3v) is 7.85. The molecule has 0 spiro atoms. The van der Waals surface area contributed by atoms with Gasteiger partial charge < -0.3 is 10.2 Å². The fourth-order valence-electron chi connectivity index (χ4n) is 5.36. The van der Waals surface area contributed by atoms with Gasteiger partial charge in [-0.3, -0.25) is 14.5 Å². The average molecular weight is 532 g/mol. The molecular weight excluding hydrogens is 501 g/mol. The van der Waals surface area contributed by atoms with Crippen molar-refractivity contribution < 1.29 is 14.0 Å². The van der Waals surface area contributed by atoms with Crippen molar-refractivity contribution in [3.8, 4) is 0 Å². The highest BCUT2D eigenvalue weighted by molar-refractivity contribution is 6.33. The second-order valence-electron chi connectivity index (χ2n) is 10.1. The number of carbonyl (C=O) groups is 2. The summed E-state index contributed by atoms with van der Waals surface area (Å²) in [5.74, 6) is -1.03. The molecule has 2 aliphatic heterocycles. The van der Waals surface area contributed by atoms with Crippen molar-refractivity contribution in [3.05, 3.63) is 118 Å². The predicted molar refractivity (Wildman–Crippen MR) is 147 cm³/mol. The van der Waals surface area contributed by atoms with Crippen molar-refractivity contribution in [1.29, 1.82) is 0 Å². The summed E-state index contributed by atoms with van der Waals surface area (Å²) in [6, 6.07) is 24.1. The van der Waals surface area contributed by atoms with Gasteiger partial charge in [0.15, 0.2) is 0 Å². The Morgan fingerprint density at radius 2 is 1.66 bits per heavy atom. The zero-order valence-electron chi connectivity index (χ0n) is 21.3. The summed E-state index contributed by atoms with van der Waals surface area (Å²) >= 11 is 6.11. The van der Waals surface area contributed by atoms with Crippen LogP contribution in [0.15, 0.2) is 90.6 Å². The minimum atomic E-state index is -0.602. The highest BCUT2D eigenvalue weighted by Crippen LogP contribution is 2.32. The Morgan fingerprint density at radius 1 is 0.974 bits per heavy atom. The number of fused-ring (bicyclic) bond motifs is 1. The van der Waals surface area contributed by atoms with Crippen LogP contribution in [-0.2, 0) is 4.79 Å². The van der Waals surface area contributed by atoms with Crippen LogP contribution in [0.3, 0.4) is 0 Å². The van der Waals surface area contributed by atoms with Gasteiger partial charge in [0.05, 0.1) is 22.5 Å². The smallest absolute Gasteiger partial charge is 0.262 e. The molecule has 2 heterocycles. The lowest BCUT2D eigenvalue weighted by Gasteiger charge is -2.25. The largest absolute Gasteiger partial charge is 0.349 e. The molecule has 0 saturated carbocycles. The van der Waals surface area contributed by atoms with Gasteiger partial charge in [-0.05, 0) is 42.2 Å². The highest BCUT2D eigenvalue weighted by atomic mass is 35.5. The van der Waals surface area contributed by atoms with E-state index in [-0.39, 0.29) is 34.4 Å². The van der Waals surface area contributed by atoms with E-state index in [4.69, 9.17) is 11.6 Å². The minimum absolute atomic E-state index is 0.00649. The maximum atomic E-state index is 14.3. The highest BCUT2D eigenvalue weighted by Gasteiger charge is 2.36. The summed E-state index contributed by atoms with van der Waals surface area (Å²) < 4.78 is 14.3. The van der Waals surface area contributed by atoms with Gasteiger partial charge in [0, 0.05) is 38.3 Å². The standard InChI is InChI=1S/C31H31ClFN3O2/c1-21(22-9-4-2-5-10-22)30(37)34-28(23-11-6-3-7-12-23)15-16-35-17-24-19-36(20-25(24)18-35)31(38)29-26(32)13-8-14-27(29)33/h2-14,19,21,25,28H,15-18,20H2,1H3,(H,34,37). The zero-order chi connectivity index (χ0) is 26.6. The Labute approximate surface area is 227 Å². The van der Waals surface area contributed by atoms with Gasteiger partial charge in [0.1, 0.15) is 5.82 Å². The molecule has 1 saturated heterocycles. The van der Waals surface area contributed by atoms with Crippen LogP contribution >= 0.6 is 11.6 Å². The maximum Gasteiger partial charge on any atom is 0.262 e. The number of amides is 2. The van der Waals surface area contributed by atoms with Crippen LogP contribution in [0.4, 0.5) is 4.39 Å². The van der Waals surface area contributed by atoms with Gasteiger partial charge in [0.25, 0.3) is 5.91 Å². The van der Waals surface area contributed by atoms with Gasteiger partial charge in [-0.25, -0.2) is 4.39 Å². The van der Waals surface area contributed by atoms with E-state index < -0.39 is 11.7 Å². The maximum absolute atomic E-state index is 14.3. The van der Waals surface area contributed by atoms with Crippen molar-refractivity contribution >= 4 is 23.4 Å². The molecule has 3 unspecified atom stereocenters. The number of carbonyl (C=O) groups excluding carboxylic acids is 2. The molecule has 5 rings (SSSR count). The van der Waals surface area contributed by atoms with Gasteiger partial charge in [-0.15, -0.1) is 0 Å². The Kier molecular flexibility index (Phi) is 7.91. The molecule has 38 heavy (non-hydrogen) atoms. The lowest BCUT2D eigenvalue weighted by Crippen LogP contribution is -2.35. The second kappa shape index (κ2) is 11.5. The molecule has 0 radical (unpaired) electrons. The van der Waals surface area contributed by atoms with Crippen molar-refractivity contribution in [1.82, 2.24) is 15.1 Å². The Balaban J connectivity index is 1.22. The fourth-order valence-corrected chi connectivity index (χ4v) is 5.60. The number of hydrogen-bond acceptors (Lipinski definition) is 3. The van der Waals surface area contributed by atoms with E-state index in [0.717, 1.165) is 37.2 Å². The SMILES string of the molecule is CC(C(=O)NC(CCN1CC2=CN(C(=O)c3c(F)cccc3Cl)CC2C1)c1ccccc1)c1ccccc1. The molecule has 0 bridgehead atoms. The predicted octanol–water partition coefficient (Wildman–Crippen LogP) is 5.80. The summed E-state index contributed by atoms with van der Waals surface area (Å²) in [6.45, 7) is 4.82. The van der Waals surface area contributed by atoms with Gasteiger partial charge in [0.2, 0.25) is 5.91 Å². The summed E-state index contributed by atoms with van der Waals surface area (Å²) in [5, 5.41) is 3.40. The number of hydrogen-bond donors (Lipinski definition) is 1. The van der Waals surface area contributed by atoms with Crippen LogP contribution in [0.1, 0.15) is 46.8 Å². The number of rotatable bonds is 8. The topological polar surface area (TPSA) is 52.7 Å². The van der Waals surface area contributed by atoms with E-state index in [9.17, 15) is 14.0 Å². The van der Waals surface area contributed by atoms with E-state index in [0.29, 0.717) is 6.54 Å². The molecule has 1 N–H and O–H groups in total. The molecule has 7 heteroatoms. The molecule has 2 amide bonds. The van der Waals surface area contributed by atoms with Crippen molar-refractivity contribution in [2.24, 2.45) is 5.92 Å². The molecule has 3 aromatic rings. The quantitative estimate of drug-likeness (QED) is 0.399. The van der Waals surface area contributed by atoms with Gasteiger partial charge >= 0.3 is 0 Å². The Morgan fingerprint density at radius 3 is 2.32 bits per heavy atom. The summed E-state index contributed by atoms with van der Waals surface area (Å²) in [6.07, 6.45) is 2.62. The first-order valence-electron chi connectivity index (χ1n) is 13.0. The van der Waals surface area contributed by atoms with E-state index in [1.54, 1.807) is 4.90 Å². The lowest BCUT2D eigenvalue weighted by molar-refractivity contribution is -0.123. The van der Waals surface area contributed by atoms with Crippen LogP contribution in [0, 0.1) is 11.7 Å². The first-order valence-corrected chi connectivity index (χ1v) is 13.4. The van der Waals surface area contributed by atoms with E-state index in [1.165, 1.54) is 23.8 Å². The van der Waals surface area contributed by atoms with E-state index in [2.05, 4.69) is 22.3 Å². The monoisotopic (exact) mass is 531 g/mol. The minimum Gasteiger partial charge on any atom is -0.349 e. The third kappa shape index (κ3) is 5.66. The zero-order valence-corrected chi connectivity index (χ0v) is 22.1. The number of likely N-dealkylation sites (tertiary alicyclic amines) is 1. The third-order valence-electron chi connectivity index (χ3n) is 7.53. The molecule has 2 aliphatic rings. The van der Waals surface area contributed by atoms with Crippen molar-refractivity contribution in [2.45, 2.75) is 25.3 Å². The summed E-state index contributed by atoms with van der Waals surface area (Å²) in [7, 11) is 0. The average Bonchev–Trinajstić information content (AvgIpc) is 3.50. The molecule has 1 fully saturated rings. The number of halogens is 2. The number of nitrogens with one attached hydrogen (secondary N) is 1. The van der Waals surface area contributed by atoms with E-state index >= 15 is 0 Å². The van der Waals surface area contributed by atoms with Crippen LogP contribution in [-0.4, -0.2) is 47.8 Å². The molecule has 0 aliphatic carbocycles. The molecule has 5 nitrogen and oxygen atoms in total. The summed E-state index contributed by atoms with van der Waals surface area (Å²) in [5.41, 5.74) is 3.17. The number of benzene rings is 3. The number of nitrogens with zero attached hydrogens (tertiary/aromatic N) is 2. The van der Waals surface area contributed by atoms with Crippen molar-refractivity contribution in [2.75, 3.05) is 26.2 Å². The molecule has 3 aromatic carbocycles. The lowest BCUT2D eigenvalue weighted by atomic mass is 9.98. The molecular formula is C31H31ClFN3O2. The van der Waals surface area contributed by atoms with E-state index in [1.807, 2.05) is 61.7 Å². The Bertz CT molecular complexity index is 1310. The fraction of sp³-hybridized carbons (Fsp3) is 0.290. The molecule has 0 aromatic heterocycles.